The average Bonchev–Trinajstić information content (AvgIpc) is 2.31. The summed E-state index contributed by atoms with van der Waals surface area (Å²) in [5, 5.41) is 3.67. The van der Waals surface area contributed by atoms with Crippen molar-refractivity contribution in [3.8, 4) is 0 Å². The van der Waals surface area contributed by atoms with Gasteiger partial charge in [0.05, 0.1) is 0 Å². The molecular weight excluding hydrogens is 245 g/mol. The molecule has 0 radical (unpaired) electrons. The fraction of sp³-hybridized carbons (Fsp3) is 0.600. The van der Waals surface area contributed by atoms with Crippen LogP contribution in [-0.4, -0.2) is 17.5 Å². The quantitative estimate of drug-likeness (QED) is 0.888. The zero-order valence-electron chi connectivity index (χ0n) is 11.4. The maximum absolute atomic E-state index is 13.2. The van der Waals surface area contributed by atoms with Gasteiger partial charge in [-0.2, -0.15) is 11.8 Å². The topological polar surface area (TPSA) is 12.0 Å². The van der Waals surface area contributed by atoms with Crippen molar-refractivity contribution in [3.05, 3.63) is 35.6 Å². The standard InChI is InChI=1S/C15H22FNS/c1-11(12-5-4-6-13(16)9-12)17-14-10-18-8-7-15(14,2)3/h4-6,9,11,14,17H,7-8,10H2,1-3H3/t11-,14?/m1/s1. The van der Waals surface area contributed by atoms with Crippen LogP contribution in [0.3, 0.4) is 0 Å². The normalized spacial score (nSPS) is 24.8. The molecule has 1 aromatic carbocycles. The Kier molecular flexibility index (Phi) is 4.33. The second-order valence-corrected chi connectivity index (χ2v) is 6.96. The Morgan fingerprint density at radius 3 is 2.89 bits per heavy atom. The maximum atomic E-state index is 13.2. The van der Waals surface area contributed by atoms with E-state index in [0.29, 0.717) is 11.5 Å². The van der Waals surface area contributed by atoms with Crippen molar-refractivity contribution in [1.82, 2.24) is 5.32 Å². The Morgan fingerprint density at radius 2 is 2.22 bits per heavy atom. The lowest BCUT2D eigenvalue weighted by atomic mass is 9.81. The van der Waals surface area contributed by atoms with Gasteiger partial charge >= 0.3 is 0 Å². The highest BCUT2D eigenvalue weighted by Gasteiger charge is 2.33. The Balaban J connectivity index is 2.04. The van der Waals surface area contributed by atoms with E-state index in [1.165, 1.54) is 18.2 Å². The predicted molar refractivity (Wildman–Crippen MR) is 77.5 cm³/mol. The van der Waals surface area contributed by atoms with Gasteiger partial charge in [-0.05, 0) is 42.2 Å². The van der Waals surface area contributed by atoms with Crippen LogP contribution in [0.4, 0.5) is 4.39 Å². The van der Waals surface area contributed by atoms with Crippen LogP contribution in [0.5, 0.6) is 0 Å². The van der Waals surface area contributed by atoms with E-state index in [1.54, 1.807) is 12.1 Å². The maximum Gasteiger partial charge on any atom is 0.123 e. The molecule has 0 bridgehead atoms. The van der Waals surface area contributed by atoms with E-state index < -0.39 is 0 Å². The molecule has 1 aliphatic rings. The lowest BCUT2D eigenvalue weighted by Crippen LogP contribution is -2.47. The van der Waals surface area contributed by atoms with Crippen LogP contribution in [0.15, 0.2) is 24.3 Å². The molecule has 2 atom stereocenters. The Hall–Kier alpha value is -0.540. The Labute approximate surface area is 114 Å². The van der Waals surface area contributed by atoms with Crippen LogP contribution < -0.4 is 5.32 Å². The van der Waals surface area contributed by atoms with Gasteiger partial charge < -0.3 is 5.32 Å². The van der Waals surface area contributed by atoms with Crippen LogP contribution in [0.2, 0.25) is 0 Å². The van der Waals surface area contributed by atoms with Crippen LogP contribution >= 0.6 is 11.8 Å². The van der Waals surface area contributed by atoms with Crippen molar-refractivity contribution in [2.75, 3.05) is 11.5 Å². The van der Waals surface area contributed by atoms with E-state index in [4.69, 9.17) is 0 Å². The summed E-state index contributed by atoms with van der Waals surface area (Å²) in [4.78, 5) is 0. The minimum absolute atomic E-state index is 0.154. The first-order chi connectivity index (χ1) is 8.49. The number of nitrogens with one attached hydrogen (secondary N) is 1. The Morgan fingerprint density at radius 1 is 1.44 bits per heavy atom. The van der Waals surface area contributed by atoms with Crippen molar-refractivity contribution >= 4 is 11.8 Å². The van der Waals surface area contributed by atoms with Crippen molar-refractivity contribution < 1.29 is 4.39 Å². The molecule has 1 aromatic rings. The zero-order valence-corrected chi connectivity index (χ0v) is 12.2. The van der Waals surface area contributed by atoms with Gasteiger partial charge in [0.1, 0.15) is 5.82 Å². The van der Waals surface area contributed by atoms with E-state index in [2.05, 4.69) is 26.1 Å². The molecule has 1 saturated heterocycles. The molecule has 1 aliphatic heterocycles. The lowest BCUT2D eigenvalue weighted by molar-refractivity contribution is 0.232. The first-order valence-corrected chi connectivity index (χ1v) is 7.74. The number of halogens is 1. The van der Waals surface area contributed by atoms with Gasteiger partial charge in [-0.25, -0.2) is 4.39 Å². The second kappa shape index (κ2) is 5.62. The SMILES string of the molecule is C[C@@H](NC1CSCCC1(C)C)c1cccc(F)c1. The number of hydrogen-bond donors (Lipinski definition) is 1. The number of thioether (sulfide) groups is 1. The van der Waals surface area contributed by atoms with Crippen molar-refractivity contribution in [2.45, 2.75) is 39.3 Å². The molecule has 1 N–H and O–H groups in total. The third-order valence-electron chi connectivity index (χ3n) is 3.92. The summed E-state index contributed by atoms with van der Waals surface area (Å²) in [6.07, 6.45) is 1.24. The van der Waals surface area contributed by atoms with Crippen LogP contribution in [-0.2, 0) is 0 Å². The van der Waals surface area contributed by atoms with E-state index in [1.807, 2.05) is 17.8 Å². The fourth-order valence-corrected chi connectivity index (χ4v) is 4.00. The first kappa shape index (κ1) is 13.9. The minimum atomic E-state index is -0.154. The van der Waals surface area contributed by atoms with Crippen LogP contribution in [0.25, 0.3) is 0 Å². The molecule has 100 valence electrons. The molecule has 1 nitrogen and oxygen atoms in total. The zero-order chi connectivity index (χ0) is 13.2. The summed E-state index contributed by atoms with van der Waals surface area (Å²) in [5.74, 6) is 2.24. The third-order valence-corrected chi connectivity index (χ3v) is 4.98. The van der Waals surface area contributed by atoms with E-state index >= 15 is 0 Å². The molecule has 1 fully saturated rings. The second-order valence-electron chi connectivity index (χ2n) is 5.81. The van der Waals surface area contributed by atoms with Gasteiger partial charge in [-0.1, -0.05) is 26.0 Å². The molecule has 0 aromatic heterocycles. The molecule has 1 unspecified atom stereocenters. The smallest absolute Gasteiger partial charge is 0.123 e. The summed E-state index contributed by atoms with van der Waals surface area (Å²) in [7, 11) is 0. The van der Waals surface area contributed by atoms with Crippen molar-refractivity contribution in [1.29, 1.82) is 0 Å². The molecular formula is C15H22FNS. The molecule has 2 rings (SSSR count). The molecule has 18 heavy (non-hydrogen) atoms. The molecule has 3 heteroatoms. The molecule has 0 aliphatic carbocycles. The van der Waals surface area contributed by atoms with Gasteiger partial charge in [0.15, 0.2) is 0 Å². The third kappa shape index (κ3) is 3.27. The number of benzene rings is 1. The minimum Gasteiger partial charge on any atom is -0.306 e. The molecule has 1 heterocycles. The van der Waals surface area contributed by atoms with Crippen molar-refractivity contribution in [3.63, 3.8) is 0 Å². The van der Waals surface area contributed by atoms with Gasteiger partial charge in [0.25, 0.3) is 0 Å². The summed E-state index contributed by atoms with van der Waals surface area (Å²) >= 11 is 2.01. The molecule has 0 amide bonds. The highest BCUT2D eigenvalue weighted by Crippen LogP contribution is 2.35. The monoisotopic (exact) mass is 267 g/mol. The van der Waals surface area contributed by atoms with Crippen LogP contribution in [0, 0.1) is 11.2 Å². The molecule has 0 spiro atoms. The Bertz CT molecular complexity index is 405. The number of rotatable bonds is 3. The van der Waals surface area contributed by atoms with Gasteiger partial charge in [-0.15, -0.1) is 0 Å². The highest BCUT2D eigenvalue weighted by molar-refractivity contribution is 7.99. The molecule has 0 saturated carbocycles. The van der Waals surface area contributed by atoms with Gasteiger partial charge in [0.2, 0.25) is 0 Å². The van der Waals surface area contributed by atoms with Crippen LogP contribution in [0.1, 0.15) is 38.8 Å². The summed E-state index contributed by atoms with van der Waals surface area (Å²) in [5.41, 5.74) is 1.36. The van der Waals surface area contributed by atoms with E-state index in [0.717, 1.165) is 11.3 Å². The average molecular weight is 267 g/mol. The summed E-state index contributed by atoms with van der Waals surface area (Å²) in [6, 6.07) is 7.59. The number of hydrogen-bond acceptors (Lipinski definition) is 2. The summed E-state index contributed by atoms with van der Waals surface area (Å²) in [6.45, 7) is 6.76. The van der Waals surface area contributed by atoms with Crippen molar-refractivity contribution in [2.24, 2.45) is 5.41 Å². The largest absolute Gasteiger partial charge is 0.306 e. The van der Waals surface area contributed by atoms with Gasteiger partial charge in [-0.3, -0.25) is 0 Å². The first-order valence-electron chi connectivity index (χ1n) is 6.58. The van der Waals surface area contributed by atoms with E-state index in [-0.39, 0.29) is 11.9 Å². The lowest BCUT2D eigenvalue weighted by Gasteiger charge is -2.40. The summed E-state index contributed by atoms with van der Waals surface area (Å²) < 4.78 is 13.2. The highest BCUT2D eigenvalue weighted by atomic mass is 32.2. The predicted octanol–water partition coefficient (Wildman–Crippen LogP) is 4.01. The fourth-order valence-electron chi connectivity index (χ4n) is 2.38. The van der Waals surface area contributed by atoms with Gasteiger partial charge in [0, 0.05) is 17.8 Å². The van der Waals surface area contributed by atoms with E-state index in [9.17, 15) is 4.39 Å².